The summed E-state index contributed by atoms with van der Waals surface area (Å²) in [6.07, 6.45) is -0.871. The van der Waals surface area contributed by atoms with Crippen LogP contribution < -0.4 is 80.2 Å². The van der Waals surface area contributed by atoms with Crippen molar-refractivity contribution in [1.82, 2.24) is 14.9 Å². The van der Waals surface area contributed by atoms with Crippen LogP contribution in [0.2, 0.25) is 0 Å². The summed E-state index contributed by atoms with van der Waals surface area (Å²) in [6.45, 7) is 3.15. The average molecular weight is 614 g/mol. The zero-order chi connectivity index (χ0) is 23.6. The van der Waals surface area contributed by atoms with Crippen molar-refractivity contribution in [1.29, 1.82) is 0 Å². The minimum Gasteiger partial charge on any atom is -0.383 e. The number of fused-ring (bicyclic) bond motifs is 3. The maximum atomic E-state index is 12.7. The minimum atomic E-state index is -4.47. The fourth-order valence-electron chi connectivity index (χ4n) is 4.26. The fourth-order valence-corrected chi connectivity index (χ4v) is 4.26. The van der Waals surface area contributed by atoms with Gasteiger partial charge in [0.2, 0.25) is 5.56 Å². The van der Waals surface area contributed by atoms with E-state index in [1.54, 1.807) is 4.98 Å². The van der Waals surface area contributed by atoms with Crippen molar-refractivity contribution in [3.63, 3.8) is 0 Å². The summed E-state index contributed by atoms with van der Waals surface area (Å²) < 4.78 is 46.7. The van der Waals surface area contributed by atoms with Crippen LogP contribution in [0.3, 0.4) is 0 Å². The van der Waals surface area contributed by atoms with Crippen LogP contribution in [0.5, 0.6) is 0 Å². The average Bonchev–Trinajstić information content (AvgIpc) is 3.30. The number of hydrogen-bond donors (Lipinski definition) is 2. The molecule has 12 heteroatoms. The van der Waals surface area contributed by atoms with E-state index in [2.05, 4.69) is 4.98 Å². The molecule has 1 saturated heterocycles. The van der Waals surface area contributed by atoms with E-state index in [1.165, 1.54) is 6.42 Å². The van der Waals surface area contributed by atoms with Gasteiger partial charge in [-0.15, -0.1) is 0 Å². The summed E-state index contributed by atoms with van der Waals surface area (Å²) in [5, 5.41) is 0. The topological polar surface area (TPSA) is 111 Å². The number of rotatable bonds is 1. The standard InChI is InChI=1S/C16H21N3O3.C6H4F3NO.CH3.Cs/c17-15-12-8-21-7-11(12)10-6-14(22-9-13(10)18-15)16(20)19-4-2-1-3-5-19;7-6(8,9)4-2-1-3-5(11)10-4;;/h14H,1-9H2,(H2,17,18);1-3H,(H,10,11);1H3;/q;;-1;+1. The molecule has 0 bridgehead atoms. The number of hydrogen-bond acceptors (Lipinski definition) is 6. The minimum absolute atomic E-state index is 0. The number of alkyl halides is 3. The number of nitrogens with one attached hydrogen (secondary N) is 1. The number of ether oxygens (including phenoxy) is 2. The number of nitrogens with zero attached hydrogens (tertiary/aromatic N) is 2. The van der Waals surface area contributed by atoms with E-state index < -0.39 is 17.4 Å². The van der Waals surface area contributed by atoms with Gasteiger partial charge in [0.25, 0.3) is 5.91 Å². The molecule has 0 spiro atoms. The molecule has 0 aliphatic carbocycles. The van der Waals surface area contributed by atoms with Gasteiger partial charge in [-0.3, -0.25) is 9.59 Å². The molecule has 1 unspecified atom stereocenters. The molecule has 5 heterocycles. The number of nitrogen functional groups attached to an aromatic ring is 1. The summed E-state index contributed by atoms with van der Waals surface area (Å²) in [4.78, 5) is 31.1. The Morgan fingerprint density at radius 2 is 1.77 bits per heavy atom. The van der Waals surface area contributed by atoms with E-state index in [0.29, 0.717) is 32.1 Å². The number of aromatic nitrogens is 2. The van der Waals surface area contributed by atoms with E-state index in [0.717, 1.165) is 66.5 Å². The van der Waals surface area contributed by atoms with Crippen molar-refractivity contribution < 1.29 is 96.3 Å². The normalized spacial score (nSPS) is 18.7. The van der Waals surface area contributed by atoms with Crippen LogP contribution in [0.15, 0.2) is 23.0 Å². The van der Waals surface area contributed by atoms with Gasteiger partial charge in [0, 0.05) is 31.1 Å². The molecule has 0 aromatic carbocycles. The van der Waals surface area contributed by atoms with E-state index >= 15 is 0 Å². The van der Waals surface area contributed by atoms with Crippen LogP contribution in [0.4, 0.5) is 19.0 Å². The Bertz CT molecular complexity index is 1090. The van der Waals surface area contributed by atoms with Gasteiger partial charge < -0.3 is 32.5 Å². The molecule has 3 N–H and O–H groups in total. The predicted molar refractivity (Wildman–Crippen MR) is 118 cm³/mol. The molecule has 1 atom stereocenters. The Morgan fingerprint density at radius 3 is 2.40 bits per heavy atom. The molecule has 8 nitrogen and oxygen atoms in total. The Morgan fingerprint density at radius 1 is 1.09 bits per heavy atom. The predicted octanol–water partition coefficient (Wildman–Crippen LogP) is -0.00421. The Hall–Kier alpha value is -0.868. The molecule has 3 aliphatic rings. The summed E-state index contributed by atoms with van der Waals surface area (Å²) in [5.41, 5.74) is 8.31. The number of piperidine rings is 1. The molecule has 2 aromatic heterocycles. The van der Waals surface area contributed by atoms with Gasteiger partial charge in [-0.2, -0.15) is 13.2 Å². The monoisotopic (exact) mass is 614 g/mol. The number of halogens is 3. The largest absolute Gasteiger partial charge is 1.00 e. The quantitative estimate of drug-likeness (QED) is 0.438. The second-order valence-corrected chi connectivity index (χ2v) is 8.19. The van der Waals surface area contributed by atoms with Gasteiger partial charge in [0.1, 0.15) is 17.6 Å². The van der Waals surface area contributed by atoms with Gasteiger partial charge in [0.15, 0.2) is 0 Å². The number of carbonyl (C=O) groups excluding carboxylic acids is 1. The first-order valence-corrected chi connectivity index (χ1v) is 10.8. The number of amides is 1. The summed E-state index contributed by atoms with van der Waals surface area (Å²) in [6, 6.07) is 2.89. The van der Waals surface area contributed by atoms with Crippen LogP contribution in [0.25, 0.3) is 0 Å². The molecule has 35 heavy (non-hydrogen) atoms. The second kappa shape index (κ2) is 13.1. The van der Waals surface area contributed by atoms with Crippen LogP contribution in [0.1, 0.15) is 47.3 Å². The Balaban J connectivity index is 0.000000286. The molecule has 1 fully saturated rings. The number of carbonyl (C=O) groups is 1. The van der Waals surface area contributed by atoms with Crippen LogP contribution >= 0.6 is 0 Å². The van der Waals surface area contributed by atoms with Gasteiger partial charge in [0.05, 0.1) is 25.5 Å². The molecule has 0 radical (unpaired) electrons. The van der Waals surface area contributed by atoms with Crippen LogP contribution in [0, 0.1) is 7.43 Å². The van der Waals surface area contributed by atoms with E-state index in [-0.39, 0.29) is 88.3 Å². The third-order valence-electron chi connectivity index (χ3n) is 5.96. The van der Waals surface area contributed by atoms with Gasteiger partial charge in [-0.25, -0.2) is 4.98 Å². The van der Waals surface area contributed by atoms with Gasteiger partial charge in [-0.05, 0) is 36.5 Å². The molecule has 5 rings (SSSR count). The zero-order valence-electron chi connectivity index (χ0n) is 19.9. The number of pyridine rings is 2. The van der Waals surface area contributed by atoms with Gasteiger partial charge in [-0.1, -0.05) is 6.07 Å². The summed E-state index contributed by atoms with van der Waals surface area (Å²) >= 11 is 0. The molecule has 186 valence electrons. The van der Waals surface area contributed by atoms with Crippen molar-refractivity contribution in [2.24, 2.45) is 0 Å². The van der Waals surface area contributed by atoms with Crippen LogP contribution in [-0.4, -0.2) is 40.0 Å². The maximum absolute atomic E-state index is 12.7. The number of aromatic amines is 1. The van der Waals surface area contributed by atoms with Crippen molar-refractivity contribution in [2.45, 2.75) is 57.8 Å². The third-order valence-corrected chi connectivity index (χ3v) is 5.96. The second-order valence-electron chi connectivity index (χ2n) is 8.19. The summed E-state index contributed by atoms with van der Waals surface area (Å²) in [5.74, 6) is 0.658. The smallest absolute Gasteiger partial charge is 0.383 e. The Kier molecular flexibility index (Phi) is 11.3. The first-order chi connectivity index (χ1) is 15.7. The molecule has 2 aromatic rings. The fraction of sp³-hybridized carbons (Fsp3) is 0.478. The number of H-pyrrole nitrogens is 1. The summed E-state index contributed by atoms with van der Waals surface area (Å²) in [7, 11) is 0. The number of likely N-dealkylation sites (tertiary alicyclic amines) is 1. The zero-order valence-corrected chi connectivity index (χ0v) is 26.2. The van der Waals surface area contributed by atoms with Crippen molar-refractivity contribution in [3.8, 4) is 0 Å². The molecule has 3 aliphatic heterocycles. The van der Waals surface area contributed by atoms with Crippen molar-refractivity contribution in [3.05, 3.63) is 64.1 Å². The molecule has 0 saturated carbocycles. The van der Waals surface area contributed by atoms with Gasteiger partial charge >= 0.3 is 75.1 Å². The number of anilines is 1. The van der Waals surface area contributed by atoms with E-state index in [4.69, 9.17) is 15.2 Å². The first kappa shape index (κ1) is 30.4. The molecule has 1 amide bonds. The van der Waals surface area contributed by atoms with E-state index in [9.17, 15) is 22.8 Å². The number of nitrogens with two attached hydrogens (primary N) is 1. The SMILES string of the molecule is Nc1nc2c(c3c1COC3)CC(C(=O)N1CCCCC1)OC2.O=c1cccc(C(F)(F)F)[nH]1.[CH3-].[Cs+]. The van der Waals surface area contributed by atoms with Crippen LogP contribution in [-0.2, 0) is 46.7 Å². The molecular weight excluding hydrogens is 586 g/mol. The maximum Gasteiger partial charge on any atom is 1.00 e. The molecular formula is C23H28CsF3N4O4. The van der Waals surface area contributed by atoms with E-state index in [1.807, 2.05) is 4.90 Å². The van der Waals surface area contributed by atoms with Crippen molar-refractivity contribution >= 4 is 11.7 Å². The Labute approximate surface area is 260 Å². The van der Waals surface area contributed by atoms with Crippen molar-refractivity contribution in [2.75, 3.05) is 18.8 Å². The third kappa shape index (κ3) is 7.34. The first-order valence-electron chi connectivity index (χ1n) is 10.8.